The van der Waals surface area contributed by atoms with Crippen molar-refractivity contribution in [3.8, 4) is 5.75 Å². The number of aromatic nitrogens is 1. The van der Waals surface area contributed by atoms with E-state index in [-0.39, 0.29) is 11.7 Å². The van der Waals surface area contributed by atoms with Crippen molar-refractivity contribution in [1.29, 1.82) is 0 Å². The highest BCUT2D eigenvalue weighted by Crippen LogP contribution is 2.24. The molecule has 25 heavy (non-hydrogen) atoms. The largest absolute Gasteiger partial charge is 0.435 e. The van der Waals surface area contributed by atoms with Gasteiger partial charge in [0.1, 0.15) is 5.75 Å². The molecule has 4 nitrogen and oxygen atoms in total. The van der Waals surface area contributed by atoms with Crippen LogP contribution in [0.5, 0.6) is 5.75 Å². The summed E-state index contributed by atoms with van der Waals surface area (Å²) in [5.41, 5.74) is 3.30. The first kappa shape index (κ1) is 16.8. The summed E-state index contributed by atoms with van der Waals surface area (Å²) in [5.74, 6) is -0.261. The summed E-state index contributed by atoms with van der Waals surface area (Å²) in [6, 6.07) is 13.4. The zero-order valence-electron chi connectivity index (χ0n) is 13.7. The number of fused-ring (bicyclic) bond motifs is 1. The summed E-state index contributed by atoms with van der Waals surface area (Å²) >= 11 is 0. The number of amides is 1. The van der Waals surface area contributed by atoms with E-state index >= 15 is 0 Å². The van der Waals surface area contributed by atoms with Crippen molar-refractivity contribution < 1.29 is 18.3 Å². The Kier molecular flexibility index (Phi) is 4.61. The third kappa shape index (κ3) is 3.57. The quantitative estimate of drug-likeness (QED) is 0.747. The molecule has 0 unspecified atom stereocenters. The number of alkyl halides is 2. The molecule has 0 spiro atoms. The van der Waals surface area contributed by atoms with Crippen molar-refractivity contribution in [2.24, 2.45) is 0 Å². The molecule has 1 N–H and O–H groups in total. The molecule has 1 aromatic heterocycles. The fraction of sp³-hybridized carbons (Fsp3) is 0.158. The molecular formula is C19H16F2N2O2. The lowest BCUT2D eigenvalue weighted by molar-refractivity contribution is -0.0498. The normalized spacial score (nSPS) is 10.9. The number of anilines is 1. The van der Waals surface area contributed by atoms with Crippen LogP contribution in [-0.4, -0.2) is 17.5 Å². The van der Waals surface area contributed by atoms with Crippen LogP contribution in [0.25, 0.3) is 10.9 Å². The van der Waals surface area contributed by atoms with Crippen molar-refractivity contribution in [3.05, 3.63) is 65.4 Å². The van der Waals surface area contributed by atoms with E-state index in [2.05, 4.69) is 15.0 Å². The lowest BCUT2D eigenvalue weighted by atomic mass is 10.0. The topological polar surface area (TPSA) is 51.2 Å². The van der Waals surface area contributed by atoms with Crippen LogP contribution in [0.15, 0.2) is 48.5 Å². The van der Waals surface area contributed by atoms with Gasteiger partial charge in [-0.2, -0.15) is 8.78 Å². The van der Waals surface area contributed by atoms with Crippen LogP contribution in [0.3, 0.4) is 0 Å². The van der Waals surface area contributed by atoms with Crippen molar-refractivity contribution in [2.75, 3.05) is 5.32 Å². The second kappa shape index (κ2) is 6.84. The Labute approximate surface area is 143 Å². The summed E-state index contributed by atoms with van der Waals surface area (Å²) in [6.45, 7) is 0.786. The number of hydrogen-bond donors (Lipinski definition) is 1. The molecule has 0 fully saturated rings. The lowest BCUT2D eigenvalue weighted by Gasteiger charge is -2.13. The van der Waals surface area contributed by atoms with E-state index in [0.29, 0.717) is 16.9 Å². The van der Waals surface area contributed by atoms with E-state index in [4.69, 9.17) is 0 Å². The Balaban J connectivity index is 1.87. The number of halogens is 2. The van der Waals surface area contributed by atoms with Crippen LogP contribution in [0.2, 0.25) is 0 Å². The van der Waals surface area contributed by atoms with Crippen LogP contribution < -0.4 is 10.1 Å². The Bertz CT molecular complexity index is 925. The fourth-order valence-electron chi connectivity index (χ4n) is 2.78. The van der Waals surface area contributed by atoms with Gasteiger partial charge in [0.25, 0.3) is 5.91 Å². The van der Waals surface area contributed by atoms with Gasteiger partial charge in [-0.25, -0.2) is 0 Å². The van der Waals surface area contributed by atoms with Crippen molar-refractivity contribution in [3.63, 3.8) is 0 Å². The molecule has 1 heterocycles. The number of nitrogens with one attached hydrogen (secondary N) is 1. The smallest absolute Gasteiger partial charge is 0.387 e. The van der Waals surface area contributed by atoms with Gasteiger partial charge >= 0.3 is 6.61 Å². The summed E-state index contributed by atoms with van der Waals surface area (Å²) in [5, 5.41) is 3.68. The van der Waals surface area contributed by atoms with Gasteiger partial charge < -0.3 is 10.1 Å². The van der Waals surface area contributed by atoms with Gasteiger partial charge in [0.2, 0.25) is 0 Å². The monoisotopic (exact) mass is 342 g/mol. The lowest BCUT2D eigenvalue weighted by Crippen LogP contribution is -2.16. The van der Waals surface area contributed by atoms with Crippen molar-refractivity contribution in [2.45, 2.75) is 20.5 Å². The number of para-hydroxylation sites is 1. The molecule has 128 valence electrons. The van der Waals surface area contributed by atoms with Crippen molar-refractivity contribution in [1.82, 2.24) is 4.98 Å². The molecule has 0 saturated heterocycles. The van der Waals surface area contributed by atoms with Gasteiger partial charge in [-0.05, 0) is 49.7 Å². The molecule has 0 bridgehead atoms. The molecule has 3 aromatic rings. The minimum Gasteiger partial charge on any atom is -0.435 e. The SMILES string of the molecule is Cc1nc2ccccc2c(C)c1C(=O)Nc1ccc(OC(F)F)cc1. The van der Waals surface area contributed by atoms with Crippen LogP contribution in [0.1, 0.15) is 21.6 Å². The number of carbonyl (C=O) groups excluding carboxylic acids is 1. The van der Waals surface area contributed by atoms with Crippen LogP contribution in [-0.2, 0) is 0 Å². The van der Waals surface area contributed by atoms with Crippen LogP contribution in [0.4, 0.5) is 14.5 Å². The van der Waals surface area contributed by atoms with E-state index in [9.17, 15) is 13.6 Å². The van der Waals surface area contributed by atoms with Gasteiger partial charge in [0.15, 0.2) is 0 Å². The standard InChI is InChI=1S/C19H16F2N2O2/c1-11-15-5-3-4-6-16(15)22-12(2)17(11)18(24)23-13-7-9-14(10-8-13)25-19(20)21/h3-10,19H,1-2H3,(H,23,24). The summed E-state index contributed by atoms with van der Waals surface area (Å²) in [4.78, 5) is 17.1. The number of carbonyl (C=O) groups is 1. The van der Waals surface area contributed by atoms with E-state index in [1.54, 1.807) is 6.92 Å². The average Bonchev–Trinajstić information content (AvgIpc) is 2.56. The predicted octanol–water partition coefficient (Wildman–Crippen LogP) is 4.71. The van der Waals surface area contributed by atoms with Gasteiger partial charge in [-0.3, -0.25) is 9.78 Å². The Hall–Kier alpha value is -3.02. The molecule has 0 radical (unpaired) electrons. The first-order valence-electron chi connectivity index (χ1n) is 7.68. The van der Waals surface area contributed by atoms with E-state index in [1.165, 1.54) is 24.3 Å². The number of aryl methyl sites for hydroxylation is 2. The number of rotatable bonds is 4. The Morgan fingerprint density at radius 3 is 2.44 bits per heavy atom. The molecule has 0 saturated carbocycles. The summed E-state index contributed by atoms with van der Waals surface area (Å²) < 4.78 is 28.6. The molecule has 0 aliphatic rings. The zero-order valence-corrected chi connectivity index (χ0v) is 13.7. The van der Waals surface area contributed by atoms with Crippen molar-refractivity contribution >= 4 is 22.5 Å². The predicted molar refractivity (Wildman–Crippen MR) is 92.2 cm³/mol. The van der Waals surface area contributed by atoms with Gasteiger partial charge in [-0.15, -0.1) is 0 Å². The number of nitrogens with zero attached hydrogens (tertiary/aromatic N) is 1. The van der Waals surface area contributed by atoms with Gasteiger partial charge in [0, 0.05) is 11.1 Å². The molecule has 6 heteroatoms. The summed E-state index contributed by atoms with van der Waals surface area (Å²) in [6.07, 6.45) is 0. The first-order chi connectivity index (χ1) is 12.0. The highest BCUT2D eigenvalue weighted by Gasteiger charge is 2.16. The van der Waals surface area contributed by atoms with E-state index in [1.807, 2.05) is 31.2 Å². The Morgan fingerprint density at radius 2 is 1.76 bits per heavy atom. The second-order valence-corrected chi connectivity index (χ2v) is 5.57. The molecular weight excluding hydrogens is 326 g/mol. The average molecular weight is 342 g/mol. The minimum absolute atomic E-state index is 0.0349. The molecule has 1 amide bonds. The molecule has 0 aliphatic carbocycles. The molecule has 2 aromatic carbocycles. The molecule has 3 rings (SSSR count). The molecule has 0 atom stereocenters. The second-order valence-electron chi connectivity index (χ2n) is 5.57. The zero-order chi connectivity index (χ0) is 18.0. The number of hydrogen-bond acceptors (Lipinski definition) is 3. The third-order valence-electron chi connectivity index (χ3n) is 3.90. The maximum Gasteiger partial charge on any atom is 0.387 e. The minimum atomic E-state index is -2.88. The molecule has 0 aliphatic heterocycles. The summed E-state index contributed by atoms with van der Waals surface area (Å²) in [7, 11) is 0. The van der Waals surface area contributed by atoms with Crippen LogP contribution >= 0.6 is 0 Å². The fourth-order valence-corrected chi connectivity index (χ4v) is 2.78. The van der Waals surface area contributed by atoms with E-state index < -0.39 is 6.61 Å². The number of benzene rings is 2. The van der Waals surface area contributed by atoms with Gasteiger partial charge in [-0.1, -0.05) is 18.2 Å². The highest BCUT2D eigenvalue weighted by molar-refractivity contribution is 6.08. The van der Waals surface area contributed by atoms with Gasteiger partial charge in [0.05, 0.1) is 16.8 Å². The first-order valence-corrected chi connectivity index (χ1v) is 7.68. The Morgan fingerprint density at radius 1 is 1.08 bits per heavy atom. The van der Waals surface area contributed by atoms with E-state index in [0.717, 1.165) is 16.5 Å². The number of ether oxygens (including phenoxy) is 1. The van der Waals surface area contributed by atoms with Crippen LogP contribution in [0, 0.1) is 13.8 Å². The maximum absolute atomic E-state index is 12.7. The highest BCUT2D eigenvalue weighted by atomic mass is 19.3. The third-order valence-corrected chi connectivity index (χ3v) is 3.90. The number of pyridine rings is 1. The maximum atomic E-state index is 12.7.